The Hall–Kier alpha value is -0.120. The van der Waals surface area contributed by atoms with E-state index in [0.717, 1.165) is 32.0 Å². The van der Waals surface area contributed by atoms with E-state index in [0.29, 0.717) is 6.54 Å². The Morgan fingerprint density at radius 3 is 2.38 bits per heavy atom. The molecule has 0 aliphatic rings. The average molecular weight is 230 g/mol. The molecule has 0 aliphatic carbocycles. The first-order valence-electron chi connectivity index (χ1n) is 6.48. The van der Waals surface area contributed by atoms with Crippen LogP contribution in [0.3, 0.4) is 0 Å². The van der Waals surface area contributed by atoms with Crippen molar-refractivity contribution in [3.8, 4) is 0 Å². The van der Waals surface area contributed by atoms with Crippen molar-refractivity contribution in [1.29, 1.82) is 0 Å². The number of likely N-dealkylation sites (N-methyl/N-ethyl adjacent to an activating group) is 1. The Balaban J connectivity index is 4.46. The molecule has 0 fully saturated rings. The summed E-state index contributed by atoms with van der Waals surface area (Å²) in [4.78, 5) is 2.50. The van der Waals surface area contributed by atoms with E-state index < -0.39 is 0 Å². The number of hydrogen-bond donors (Lipinski definition) is 1. The molecule has 3 nitrogen and oxygen atoms in total. The molecular formula is C13H30N2O. The Bertz CT molecular complexity index is 175. The number of hydrogen-bond acceptors (Lipinski definition) is 3. The highest BCUT2D eigenvalue weighted by Gasteiger charge is 2.29. The summed E-state index contributed by atoms with van der Waals surface area (Å²) in [5.41, 5.74) is 6.02. The lowest BCUT2D eigenvalue weighted by atomic mass is 9.94. The lowest BCUT2D eigenvalue weighted by molar-refractivity contribution is 0.0611. The number of ether oxygens (including phenoxy) is 1. The van der Waals surface area contributed by atoms with E-state index in [1.54, 1.807) is 7.11 Å². The van der Waals surface area contributed by atoms with Crippen LogP contribution in [0.15, 0.2) is 0 Å². The molecule has 2 atom stereocenters. The van der Waals surface area contributed by atoms with Gasteiger partial charge in [0.05, 0.1) is 0 Å². The first-order chi connectivity index (χ1) is 7.53. The van der Waals surface area contributed by atoms with E-state index in [-0.39, 0.29) is 5.54 Å². The van der Waals surface area contributed by atoms with E-state index in [1.807, 2.05) is 0 Å². The van der Waals surface area contributed by atoms with E-state index in [2.05, 4.69) is 32.6 Å². The molecule has 0 spiro atoms. The minimum absolute atomic E-state index is 0.0776. The summed E-state index contributed by atoms with van der Waals surface area (Å²) in [7, 11) is 1.75. The van der Waals surface area contributed by atoms with Crippen LogP contribution in [0.25, 0.3) is 0 Å². The number of nitrogens with zero attached hydrogens (tertiary/aromatic N) is 1. The second-order valence-corrected chi connectivity index (χ2v) is 5.00. The summed E-state index contributed by atoms with van der Waals surface area (Å²) in [5, 5.41) is 0. The van der Waals surface area contributed by atoms with Crippen LogP contribution in [0.5, 0.6) is 0 Å². The quantitative estimate of drug-likeness (QED) is 0.659. The van der Waals surface area contributed by atoms with E-state index >= 15 is 0 Å². The predicted octanol–water partition coefficient (Wildman–Crippen LogP) is 2.11. The Morgan fingerprint density at radius 1 is 1.38 bits per heavy atom. The number of nitrogens with two attached hydrogens (primary N) is 1. The third kappa shape index (κ3) is 4.81. The molecule has 0 aliphatic heterocycles. The molecule has 98 valence electrons. The Labute approximate surface area is 101 Å². The molecule has 0 rings (SSSR count). The van der Waals surface area contributed by atoms with Gasteiger partial charge in [-0.1, -0.05) is 27.2 Å². The number of rotatable bonds is 9. The predicted molar refractivity (Wildman–Crippen MR) is 70.7 cm³/mol. The fourth-order valence-corrected chi connectivity index (χ4v) is 1.95. The molecule has 0 heterocycles. The summed E-state index contributed by atoms with van der Waals surface area (Å²) in [6, 6.07) is 0. The average Bonchev–Trinajstić information content (AvgIpc) is 2.32. The second kappa shape index (κ2) is 8.04. The maximum absolute atomic E-state index is 5.94. The van der Waals surface area contributed by atoms with Crippen molar-refractivity contribution < 1.29 is 4.74 Å². The number of methoxy groups -OCH3 is 1. The summed E-state index contributed by atoms with van der Waals surface area (Å²) < 4.78 is 5.18. The zero-order valence-electron chi connectivity index (χ0n) is 11.8. The van der Waals surface area contributed by atoms with Gasteiger partial charge in [0.25, 0.3) is 0 Å². The molecule has 3 heteroatoms. The van der Waals surface area contributed by atoms with Gasteiger partial charge in [-0.15, -0.1) is 0 Å². The summed E-state index contributed by atoms with van der Waals surface area (Å²) >= 11 is 0. The zero-order chi connectivity index (χ0) is 12.6. The van der Waals surface area contributed by atoms with Gasteiger partial charge in [-0.2, -0.15) is 0 Å². The van der Waals surface area contributed by atoms with Gasteiger partial charge in [0, 0.05) is 32.3 Å². The van der Waals surface area contributed by atoms with Gasteiger partial charge in [-0.25, -0.2) is 0 Å². The molecule has 0 aromatic heterocycles. The molecule has 2 unspecified atom stereocenters. The van der Waals surface area contributed by atoms with Crippen molar-refractivity contribution in [3.05, 3.63) is 0 Å². The third-order valence-corrected chi connectivity index (χ3v) is 3.66. The second-order valence-electron chi connectivity index (χ2n) is 5.00. The lowest BCUT2D eigenvalue weighted by Gasteiger charge is -2.41. The highest BCUT2D eigenvalue weighted by molar-refractivity contribution is 4.87. The van der Waals surface area contributed by atoms with Crippen molar-refractivity contribution in [2.75, 3.05) is 33.4 Å². The van der Waals surface area contributed by atoms with Crippen molar-refractivity contribution in [1.82, 2.24) is 4.90 Å². The summed E-state index contributed by atoms with van der Waals surface area (Å²) in [6.45, 7) is 12.7. The highest BCUT2D eigenvalue weighted by atomic mass is 16.5. The molecule has 0 aromatic carbocycles. The van der Waals surface area contributed by atoms with Crippen molar-refractivity contribution >= 4 is 0 Å². The van der Waals surface area contributed by atoms with Crippen LogP contribution in [0.1, 0.15) is 40.5 Å². The van der Waals surface area contributed by atoms with E-state index in [9.17, 15) is 0 Å². The minimum atomic E-state index is 0.0776. The van der Waals surface area contributed by atoms with E-state index in [4.69, 9.17) is 10.5 Å². The molecule has 0 radical (unpaired) electrons. The molecule has 0 saturated heterocycles. The smallest absolute Gasteiger partial charge is 0.0480 e. The van der Waals surface area contributed by atoms with Crippen LogP contribution < -0.4 is 5.73 Å². The standard InChI is InChI=1S/C13H30N2O/c1-6-12(3)10-15(7-2)13(4,11-14)8-9-16-5/h12H,6-11,14H2,1-5H3. The molecule has 0 aromatic rings. The van der Waals surface area contributed by atoms with Gasteiger partial charge in [0.1, 0.15) is 0 Å². The van der Waals surface area contributed by atoms with Gasteiger partial charge in [-0.05, 0) is 25.8 Å². The molecule has 0 saturated carbocycles. The molecule has 2 N–H and O–H groups in total. The van der Waals surface area contributed by atoms with Crippen molar-refractivity contribution in [2.45, 2.75) is 46.1 Å². The maximum atomic E-state index is 5.94. The first kappa shape index (κ1) is 15.9. The molecular weight excluding hydrogens is 200 g/mol. The topological polar surface area (TPSA) is 38.5 Å². The lowest BCUT2D eigenvalue weighted by Crippen LogP contribution is -2.53. The normalized spacial score (nSPS) is 17.4. The van der Waals surface area contributed by atoms with Crippen LogP contribution in [0.2, 0.25) is 0 Å². The van der Waals surface area contributed by atoms with Crippen LogP contribution in [0, 0.1) is 5.92 Å². The van der Waals surface area contributed by atoms with Crippen LogP contribution in [-0.2, 0) is 4.74 Å². The van der Waals surface area contributed by atoms with Gasteiger partial charge in [-0.3, -0.25) is 4.90 Å². The van der Waals surface area contributed by atoms with Crippen LogP contribution in [-0.4, -0.2) is 43.8 Å². The molecule has 0 bridgehead atoms. The molecule has 0 amide bonds. The van der Waals surface area contributed by atoms with E-state index in [1.165, 1.54) is 6.42 Å². The highest BCUT2D eigenvalue weighted by Crippen LogP contribution is 2.20. The summed E-state index contributed by atoms with van der Waals surface area (Å²) in [6.07, 6.45) is 2.23. The minimum Gasteiger partial charge on any atom is -0.385 e. The Kier molecular flexibility index (Phi) is 7.98. The molecule has 16 heavy (non-hydrogen) atoms. The van der Waals surface area contributed by atoms with Crippen molar-refractivity contribution in [2.24, 2.45) is 11.7 Å². The Morgan fingerprint density at radius 2 is 2.00 bits per heavy atom. The fraction of sp³-hybridized carbons (Fsp3) is 1.00. The van der Waals surface area contributed by atoms with Gasteiger partial charge in [0.15, 0.2) is 0 Å². The first-order valence-corrected chi connectivity index (χ1v) is 6.48. The summed E-state index contributed by atoms with van der Waals surface area (Å²) in [5.74, 6) is 0.730. The zero-order valence-corrected chi connectivity index (χ0v) is 11.8. The third-order valence-electron chi connectivity index (χ3n) is 3.66. The van der Waals surface area contributed by atoms with Gasteiger partial charge >= 0.3 is 0 Å². The maximum Gasteiger partial charge on any atom is 0.0480 e. The van der Waals surface area contributed by atoms with Gasteiger partial charge < -0.3 is 10.5 Å². The van der Waals surface area contributed by atoms with Crippen molar-refractivity contribution in [3.63, 3.8) is 0 Å². The fourth-order valence-electron chi connectivity index (χ4n) is 1.95. The van der Waals surface area contributed by atoms with Crippen LogP contribution in [0.4, 0.5) is 0 Å². The SMILES string of the molecule is CCC(C)CN(CC)C(C)(CN)CCOC. The largest absolute Gasteiger partial charge is 0.385 e. The van der Waals surface area contributed by atoms with Gasteiger partial charge in [0.2, 0.25) is 0 Å². The monoisotopic (exact) mass is 230 g/mol. The van der Waals surface area contributed by atoms with Crippen LogP contribution >= 0.6 is 0 Å².